The lowest BCUT2D eigenvalue weighted by Gasteiger charge is -2.21. The van der Waals surface area contributed by atoms with E-state index in [0.717, 1.165) is 22.4 Å². The van der Waals surface area contributed by atoms with Crippen LogP contribution in [0.25, 0.3) is 0 Å². The van der Waals surface area contributed by atoms with Crippen molar-refractivity contribution >= 4 is 34.8 Å². The highest BCUT2D eigenvalue weighted by Crippen LogP contribution is 2.42. The van der Waals surface area contributed by atoms with Crippen molar-refractivity contribution in [2.24, 2.45) is 11.8 Å². The molecule has 0 aliphatic carbocycles. The van der Waals surface area contributed by atoms with Gasteiger partial charge in [0.15, 0.2) is 0 Å². The van der Waals surface area contributed by atoms with Crippen LogP contribution in [0.2, 0.25) is 0 Å². The Balaban J connectivity index is 1.53. The molecule has 0 amide bonds. The lowest BCUT2D eigenvalue weighted by atomic mass is 9.89. The first-order chi connectivity index (χ1) is 12.2. The van der Waals surface area contributed by atoms with Crippen LogP contribution in [0.4, 0.5) is 0 Å². The van der Waals surface area contributed by atoms with Crippen LogP contribution >= 0.6 is 34.8 Å². The lowest BCUT2D eigenvalue weighted by molar-refractivity contribution is 0.269. The lowest BCUT2D eigenvalue weighted by Crippen LogP contribution is -2.25. The van der Waals surface area contributed by atoms with Crippen molar-refractivity contribution < 1.29 is 0 Å². The number of rotatable bonds is 4. The van der Waals surface area contributed by atoms with Gasteiger partial charge in [-0.05, 0) is 42.7 Å². The summed E-state index contributed by atoms with van der Waals surface area (Å²) < 4.78 is 9.37. The molecule has 0 radical (unpaired) electrons. The molecule has 3 nitrogen and oxygen atoms in total. The predicted octanol–water partition coefficient (Wildman–Crippen LogP) is 4.58. The molecule has 2 saturated heterocycles. The zero-order valence-electron chi connectivity index (χ0n) is 14.6. The van der Waals surface area contributed by atoms with Gasteiger partial charge in [0.25, 0.3) is 0 Å². The Kier molecular flexibility index (Phi) is 5.47. The maximum absolute atomic E-state index is 4.72. The normalized spacial score (nSPS) is 26.4. The van der Waals surface area contributed by atoms with Crippen molar-refractivity contribution in [2.75, 3.05) is 19.6 Å². The zero-order valence-corrected chi connectivity index (χ0v) is 17.1. The quantitative estimate of drug-likeness (QED) is 0.565. The first-order valence-electron chi connectivity index (χ1n) is 8.97. The minimum absolute atomic E-state index is 0.255. The van der Waals surface area contributed by atoms with Gasteiger partial charge in [0.1, 0.15) is 5.03 Å². The van der Waals surface area contributed by atoms with Gasteiger partial charge in [0.2, 0.25) is 0 Å². The molecule has 4 rings (SSSR count). The molecule has 4 heterocycles. The number of piperidine rings is 1. The van der Waals surface area contributed by atoms with Crippen LogP contribution in [0.15, 0.2) is 22.5 Å². The third-order valence-electron chi connectivity index (χ3n) is 5.10. The van der Waals surface area contributed by atoms with E-state index in [9.17, 15) is 0 Å². The van der Waals surface area contributed by atoms with Crippen molar-refractivity contribution in [3.63, 3.8) is 0 Å². The molecular formula is C19H23N3S3. The average Bonchev–Trinajstić information content (AvgIpc) is 3.32. The molecule has 2 aliphatic heterocycles. The van der Waals surface area contributed by atoms with E-state index in [0.29, 0.717) is 11.8 Å². The fraction of sp³-hybridized carbons (Fsp3) is 0.579. The van der Waals surface area contributed by atoms with E-state index in [4.69, 9.17) is 4.37 Å². The van der Waals surface area contributed by atoms with Gasteiger partial charge >= 0.3 is 0 Å². The van der Waals surface area contributed by atoms with Gasteiger partial charge in [0, 0.05) is 19.0 Å². The summed E-state index contributed by atoms with van der Waals surface area (Å²) in [6.45, 7) is 8.16. The smallest absolute Gasteiger partial charge is 0.135 e. The maximum atomic E-state index is 4.72. The fourth-order valence-electron chi connectivity index (χ4n) is 3.76. The first-order valence-corrected chi connectivity index (χ1v) is 11.5. The molecule has 132 valence electrons. The van der Waals surface area contributed by atoms with Crippen LogP contribution in [0, 0.1) is 23.7 Å². The van der Waals surface area contributed by atoms with Crippen LogP contribution in [-0.4, -0.2) is 38.5 Å². The minimum Gasteiger partial charge on any atom is -0.302 e. The standard InChI is InChI=1S/C19H23N3S3/c1-13(2)17(8-7-15-6-4-10-23-15)24-19-18(20-25-21-19)16-12-22-9-3-5-14(16)11-22/h4,6,10,13-14,16-17H,3,5,9,11-12H2,1-2H3. The fourth-order valence-corrected chi connectivity index (χ4v) is 6.14. The van der Waals surface area contributed by atoms with E-state index in [1.165, 1.54) is 43.4 Å². The summed E-state index contributed by atoms with van der Waals surface area (Å²) in [6.07, 6.45) is 2.68. The molecule has 2 aromatic heterocycles. The Morgan fingerprint density at radius 2 is 2.24 bits per heavy atom. The third-order valence-corrected chi connectivity index (χ3v) is 7.99. The highest BCUT2D eigenvalue weighted by molar-refractivity contribution is 8.00. The molecule has 6 heteroatoms. The first kappa shape index (κ1) is 17.5. The molecule has 2 bridgehead atoms. The summed E-state index contributed by atoms with van der Waals surface area (Å²) >= 11 is 4.90. The Bertz CT molecular complexity index is 756. The highest BCUT2D eigenvalue weighted by Gasteiger charge is 2.39. The van der Waals surface area contributed by atoms with Gasteiger partial charge in [-0.1, -0.05) is 43.5 Å². The molecule has 4 atom stereocenters. The monoisotopic (exact) mass is 389 g/mol. The number of aromatic nitrogens is 2. The minimum atomic E-state index is 0.255. The second-order valence-corrected chi connectivity index (χ2v) is 9.86. The summed E-state index contributed by atoms with van der Waals surface area (Å²) in [5.41, 5.74) is 1.24. The van der Waals surface area contributed by atoms with Crippen molar-refractivity contribution in [1.82, 2.24) is 13.6 Å². The summed E-state index contributed by atoms with van der Waals surface area (Å²) in [4.78, 5) is 3.74. The topological polar surface area (TPSA) is 29.0 Å². The van der Waals surface area contributed by atoms with Crippen molar-refractivity contribution in [3.8, 4) is 11.8 Å². The molecule has 0 saturated carbocycles. The molecule has 25 heavy (non-hydrogen) atoms. The van der Waals surface area contributed by atoms with E-state index in [1.807, 2.05) is 11.8 Å². The van der Waals surface area contributed by atoms with Crippen LogP contribution in [-0.2, 0) is 0 Å². The molecule has 2 aliphatic rings. The third kappa shape index (κ3) is 3.95. The van der Waals surface area contributed by atoms with Crippen LogP contribution in [0.5, 0.6) is 0 Å². The van der Waals surface area contributed by atoms with Crippen molar-refractivity contribution in [1.29, 1.82) is 0 Å². The summed E-state index contributed by atoms with van der Waals surface area (Å²) in [5.74, 6) is 8.64. The predicted molar refractivity (Wildman–Crippen MR) is 107 cm³/mol. The van der Waals surface area contributed by atoms with Gasteiger partial charge in [-0.2, -0.15) is 8.75 Å². The maximum Gasteiger partial charge on any atom is 0.135 e. The van der Waals surface area contributed by atoms with E-state index >= 15 is 0 Å². The number of hydrogen-bond acceptors (Lipinski definition) is 6. The molecular weight excluding hydrogens is 366 g/mol. The molecule has 0 N–H and O–H groups in total. The van der Waals surface area contributed by atoms with E-state index in [-0.39, 0.29) is 5.25 Å². The van der Waals surface area contributed by atoms with E-state index < -0.39 is 0 Å². The molecule has 0 aromatic carbocycles. The Morgan fingerprint density at radius 3 is 3.00 bits per heavy atom. The van der Waals surface area contributed by atoms with E-state index in [2.05, 4.69) is 52.5 Å². The Hall–Kier alpha value is -0.870. The molecule has 4 unspecified atom stereocenters. The molecule has 2 fully saturated rings. The number of thioether (sulfide) groups is 1. The number of thiophene rings is 1. The molecule has 2 aromatic rings. The number of nitrogens with zero attached hydrogens (tertiary/aromatic N) is 3. The summed E-state index contributed by atoms with van der Waals surface area (Å²) in [7, 11) is 0. The van der Waals surface area contributed by atoms with Gasteiger partial charge in [-0.3, -0.25) is 0 Å². The summed E-state index contributed by atoms with van der Waals surface area (Å²) in [6, 6.07) is 4.14. The van der Waals surface area contributed by atoms with Gasteiger partial charge in [-0.25, -0.2) is 0 Å². The SMILES string of the molecule is CC(C)C(C#Cc1cccs1)Sc1nsnc1C1CN2CCCC1C2. The zero-order chi connectivity index (χ0) is 17.2. The van der Waals surface area contributed by atoms with Gasteiger partial charge in [-0.15, -0.1) is 11.3 Å². The van der Waals surface area contributed by atoms with Crippen molar-refractivity contribution in [3.05, 3.63) is 28.1 Å². The Morgan fingerprint density at radius 1 is 1.32 bits per heavy atom. The van der Waals surface area contributed by atoms with Crippen LogP contribution in [0.1, 0.15) is 43.2 Å². The summed E-state index contributed by atoms with van der Waals surface area (Å²) in [5, 5.41) is 3.46. The van der Waals surface area contributed by atoms with Gasteiger partial charge in [0.05, 0.1) is 27.5 Å². The van der Waals surface area contributed by atoms with Crippen LogP contribution < -0.4 is 0 Å². The van der Waals surface area contributed by atoms with E-state index in [1.54, 1.807) is 11.3 Å². The largest absolute Gasteiger partial charge is 0.302 e. The molecule has 0 spiro atoms. The second-order valence-electron chi connectivity index (χ2n) is 7.25. The highest BCUT2D eigenvalue weighted by atomic mass is 32.2. The Labute approximate surface area is 162 Å². The average molecular weight is 390 g/mol. The van der Waals surface area contributed by atoms with Crippen molar-refractivity contribution in [2.45, 2.75) is 42.9 Å². The number of hydrogen-bond donors (Lipinski definition) is 0. The number of fused-ring (bicyclic) bond motifs is 2. The van der Waals surface area contributed by atoms with Crippen LogP contribution in [0.3, 0.4) is 0 Å². The second kappa shape index (κ2) is 7.79. The van der Waals surface area contributed by atoms with Gasteiger partial charge < -0.3 is 4.90 Å².